The van der Waals surface area contributed by atoms with Gasteiger partial charge in [0.15, 0.2) is 0 Å². The smallest absolute Gasteiger partial charge is 0.252 e. The van der Waals surface area contributed by atoms with Crippen LogP contribution in [0, 0.1) is 13.8 Å². The molecule has 0 heterocycles. The van der Waals surface area contributed by atoms with Crippen LogP contribution in [0.15, 0.2) is 46.9 Å². The number of carbonyl (C=O) groups excluding carboxylic acids is 2. The molecule has 4 nitrogen and oxygen atoms in total. The number of anilines is 1. The van der Waals surface area contributed by atoms with Gasteiger partial charge >= 0.3 is 0 Å². The SMILES string of the molecule is Cc1cccc(NC(=O)CNC(=O)c2ccccc2Br)c1C. The number of hydrogen-bond acceptors (Lipinski definition) is 2. The van der Waals surface area contributed by atoms with E-state index < -0.39 is 0 Å². The predicted molar refractivity (Wildman–Crippen MR) is 91.0 cm³/mol. The fraction of sp³-hybridized carbons (Fsp3) is 0.176. The number of benzene rings is 2. The van der Waals surface area contributed by atoms with E-state index in [2.05, 4.69) is 26.6 Å². The molecule has 0 aliphatic carbocycles. The van der Waals surface area contributed by atoms with E-state index in [1.165, 1.54) is 0 Å². The minimum absolute atomic E-state index is 0.0758. The molecule has 114 valence electrons. The van der Waals surface area contributed by atoms with E-state index in [0.29, 0.717) is 10.0 Å². The molecule has 0 bridgehead atoms. The van der Waals surface area contributed by atoms with Gasteiger partial charge in [-0.25, -0.2) is 0 Å². The Bertz CT molecular complexity index is 714. The first-order chi connectivity index (χ1) is 10.5. The van der Waals surface area contributed by atoms with Crippen molar-refractivity contribution < 1.29 is 9.59 Å². The number of rotatable bonds is 4. The van der Waals surface area contributed by atoms with Gasteiger partial charge in [-0.1, -0.05) is 24.3 Å². The zero-order chi connectivity index (χ0) is 16.1. The molecule has 0 saturated heterocycles. The van der Waals surface area contributed by atoms with Crippen LogP contribution in [0.1, 0.15) is 21.5 Å². The van der Waals surface area contributed by atoms with E-state index >= 15 is 0 Å². The summed E-state index contributed by atoms with van der Waals surface area (Å²) in [6.07, 6.45) is 0. The number of aryl methyl sites for hydroxylation is 1. The monoisotopic (exact) mass is 360 g/mol. The molecule has 2 aromatic rings. The van der Waals surface area contributed by atoms with E-state index in [1.54, 1.807) is 18.2 Å². The minimum Gasteiger partial charge on any atom is -0.343 e. The molecule has 2 N–H and O–H groups in total. The Kier molecular flexibility index (Phi) is 5.33. The van der Waals surface area contributed by atoms with Crippen LogP contribution in [-0.4, -0.2) is 18.4 Å². The Balaban J connectivity index is 1.95. The highest BCUT2D eigenvalue weighted by atomic mass is 79.9. The summed E-state index contributed by atoms with van der Waals surface area (Å²) in [4.78, 5) is 24.0. The fourth-order valence-corrected chi connectivity index (χ4v) is 2.45. The number of carbonyl (C=O) groups is 2. The van der Waals surface area contributed by atoms with E-state index in [9.17, 15) is 9.59 Å². The Hall–Kier alpha value is -2.14. The van der Waals surface area contributed by atoms with Crippen molar-refractivity contribution >= 4 is 33.4 Å². The van der Waals surface area contributed by atoms with Crippen molar-refractivity contribution in [1.29, 1.82) is 0 Å². The molecule has 0 atom stereocenters. The van der Waals surface area contributed by atoms with Crippen LogP contribution in [0.4, 0.5) is 5.69 Å². The quantitative estimate of drug-likeness (QED) is 0.877. The molecule has 0 aromatic heterocycles. The van der Waals surface area contributed by atoms with Crippen molar-refractivity contribution in [3.63, 3.8) is 0 Å². The molecule has 0 aliphatic heterocycles. The molecule has 0 spiro atoms. The van der Waals surface area contributed by atoms with Crippen LogP contribution in [-0.2, 0) is 4.79 Å². The Labute approximate surface area is 138 Å². The van der Waals surface area contributed by atoms with E-state index in [4.69, 9.17) is 0 Å². The third-order valence-electron chi connectivity index (χ3n) is 3.41. The van der Waals surface area contributed by atoms with Crippen molar-refractivity contribution in [2.24, 2.45) is 0 Å². The van der Waals surface area contributed by atoms with Gasteiger partial charge in [0.1, 0.15) is 0 Å². The molecule has 0 radical (unpaired) electrons. The van der Waals surface area contributed by atoms with Crippen LogP contribution >= 0.6 is 15.9 Å². The maximum Gasteiger partial charge on any atom is 0.252 e. The van der Waals surface area contributed by atoms with Gasteiger partial charge in [0.2, 0.25) is 5.91 Å². The Morgan fingerprint density at radius 1 is 1.05 bits per heavy atom. The summed E-state index contributed by atoms with van der Waals surface area (Å²) in [5, 5.41) is 5.42. The van der Waals surface area contributed by atoms with Crippen LogP contribution in [0.2, 0.25) is 0 Å². The second-order valence-corrected chi connectivity index (χ2v) is 5.81. The minimum atomic E-state index is -0.288. The molecule has 0 aliphatic rings. The summed E-state index contributed by atoms with van der Waals surface area (Å²) in [6.45, 7) is 3.86. The summed E-state index contributed by atoms with van der Waals surface area (Å²) in [6, 6.07) is 12.8. The van der Waals surface area contributed by atoms with Crippen molar-refractivity contribution in [2.45, 2.75) is 13.8 Å². The molecule has 5 heteroatoms. The highest BCUT2D eigenvalue weighted by Gasteiger charge is 2.11. The van der Waals surface area contributed by atoms with Gasteiger partial charge < -0.3 is 10.6 Å². The number of halogens is 1. The topological polar surface area (TPSA) is 58.2 Å². The molecular weight excluding hydrogens is 344 g/mol. The number of nitrogens with one attached hydrogen (secondary N) is 2. The Morgan fingerprint density at radius 3 is 2.50 bits per heavy atom. The molecule has 0 unspecified atom stereocenters. The lowest BCUT2D eigenvalue weighted by Crippen LogP contribution is -2.33. The second-order valence-electron chi connectivity index (χ2n) is 4.96. The summed E-state index contributed by atoms with van der Waals surface area (Å²) in [5.74, 6) is -0.544. The molecule has 0 saturated carbocycles. The van der Waals surface area contributed by atoms with Crippen LogP contribution in [0.3, 0.4) is 0 Å². The van der Waals surface area contributed by atoms with Crippen molar-refractivity contribution in [2.75, 3.05) is 11.9 Å². The van der Waals surface area contributed by atoms with Crippen molar-refractivity contribution in [3.8, 4) is 0 Å². The average molecular weight is 361 g/mol. The van der Waals surface area contributed by atoms with Gasteiger partial charge in [-0.15, -0.1) is 0 Å². The van der Waals surface area contributed by atoms with Gasteiger partial charge in [-0.3, -0.25) is 9.59 Å². The largest absolute Gasteiger partial charge is 0.343 e. The zero-order valence-corrected chi connectivity index (χ0v) is 14.0. The first kappa shape index (κ1) is 16.2. The number of amides is 2. The van der Waals surface area contributed by atoms with Gasteiger partial charge in [0.25, 0.3) is 5.91 Å². The van der Waals surface area contributed by atoms with E-state index in [0.717, 1.165) is 16.8 Å². The summed E-state index contributed by atoms with van der Waals surface area (Å²) < 4.78 is 0.697. The molecule has 2 amide bonds. The van der Waals surface area contributed by atoms with E-state index in [-0.39, 0.29) is 18.4 Å². The van der Waals surface area contributed by atoms with Crippen molar-refractivity contribution in [1.82, 2.24) is 5.32 Å². The van der Waals surface area contributed by atoms with E-state index in [1.807, 2.05) is 38.1 Å². The maximum absolute atomic E-state index is 12.0. The number of hydrogen-bond donors (Lipinski definition) is 2. The Morgan fingerprint density at radius 2 is 1.77 bits per heavy atom. The third-order valence-corrected chi connectivity index (χ3v) is 4.10. The summed E-state index contributed by atoms with van der Waals surface area (Å²) >= 11 is 3.31. The average Bonchev–Trinajstić information content (AvgIpc) is 2.50. The van der Waals surface area contributed by atoms with Gasteiger partial charge in [0, 0.05) is 10.2 Å². The third kappa shape index (κ3) is 3.95. The maximum atomic E-state index is 12.0. The lowest BCUT2D eigenvalue weighted by atomic mass is 10.1. The molecule has 2 rings (SSSR count). The first-order valence-corrected chi connectivity index (χ1v) is 7.67. The van der Waals surface area contributed by atoms with Gasteiger partial charge in [0.05, 0.1) is 12.1 Å². The molecule has 0 fully saturated rings. The van der Waals surface area contributed by atoms with Gasteiger partial charge in [-0.2, -0.15) is 0 Å². The lowest BCUT2D eigenvalue weighted by molar-refractivity contribution is -0.115. The lowest BCUT2D eigenvalue weighted by Gasteiger charge is -2.11. The van der Waals surface area contributed by atoms with Crippen LogP contribution < -0.4 is 10.6 Å². The fourth-order valence-electron chi connectivity index (χ4n) is 1.98. The highest BCUT2D eigenvalue weighted by Crippen LogP contribution is 2.18. The summed E-state index contributed by atoms with van der Waals surface area (Å²) in [7, 11) is 0. The standard InChI is InChI=1S/C17H17BrN2O2/c1-11-6-5-9-15(12(11)2)20-16(21)10-19-17(22)13-7-3-4-8-14(13)18/h3-9H,10H2,1-2H3,(H,19,22)(H,20,21). The van der Waals surface area contributed by atoms with Crippen LogP contribution in [0.5, 0.6) is 0 Å². The van der Waals surface area contributed by atoms with Crippen LogP contribution in [0.25, 0.3) is 0 Å². The highest BCUT2D eigenvalue weighted by molar-refractivity contribution is 9.10. The normalized spacial score (nSPS) is 10.1. The first-order valence-electron chi connectivity index (χ1n) is 6.88. The van der Waals surface area contributed by atoms with Gasteiger partial charge in [-0.05, 0) is 59.1 Å². The molecule has 22 heavy (non-hydrogen) atoms. The summed E-state index contributed by atoms with van der Waals surface area (Å²) in [5.41, 5.74) is 3.39. The molecule has 2 aromatic carbocycles. The zero-order valence-electron chi connectivity index (χ0n) is 12.4. The second kappa shape index (κ2) is 7.22. The molecular formula is C17H17BrN2O2. The predicted octanol–water partition coefficient (Wildman–Crippen LogP) is 3.43. The van der Waals surface area contributed by atoms with Crippen molar-refractivity contribution in [3.05, 3.63) is 63.6 Å².